The number of carbonyl (C=O) groups excluding carboxylic acids is 1. The Bertz CT molecular complexity index is 1440. The normalized spacial score (nSPS) is 17.0. The minimum atomic E-state index is -0.170. The SMILES string of the molecule is Cc1cccc(NC2=C[C@H](c3ccc4c5c(cccc35)CC4)N(c3cccc(C)c3)C2=O)c1. The van der Waals surface area contributed by atoms with E-state index in [-0.39, 0.29) is 11.9 Å². The second kappa shape index (κ2) is 7.63. The number of nitrogens with one attached hydrogen (secondary N) is 1. The number of anilines is 2. The topological polar surface area (TPSA) is 32.3 Å². The molecule has 0 unspecified atom stereocenters. The third kappa shape index (κ3) is 3.32. The lowest BCUT2D eigenvalue weighted by Gasteiger charge is -2.27. The van der Waals surface area contributed by atoms with E-state index < -0.39 is 0 Å². The van der Waals surface area contributed by atoms with Crippen LogP contribution in [0.1, 0.15) is 33.9 Å². The number of nitrogens with zero attached hydrogens (tertiary/aromatic N) is 1. The van der Waals surface area contributed by atoms with Gasteiger partial charge in [0.2, 0.25) is 0 Å². The number of aryl methyl sites for hydroxylation is 4. The second-order valence-electron chi connectivity index (χ2n) is 9.19. The van der Waals surface area contributed by atoms with E-state index in [1.807, 2.05) is 29.2 Å². The van der Waals surface area contributed by atoms with Gasteiger partial charge >= 0.3 is 0 Å². The van der Waals surface area contributed by atoms with Gasteiger partial charge in [0.05, 0.1) is 6.04 Å². The van der Waals surface area contributed by atoms with E-state index in [1.165, 1.54) is 27.5 Å². The molecule has 1 heterocycles. The molecule has 0 radical (unpaired) electrons. The number of amides is 1. The Balaban J connectivity index is 1.50. The van der Waals surface area contributed by atoms with Crippen LogP contribution in [-0.2, 0) is 17.6 Å². The third-order valence-electron chi connectivity index (χ3n) is 6.86. The highest BCUT2D eigenvalue weighted by molar-refractivity contribution is 6.11. The molecule has 0 saturated carbocycles. The van der Waals surface area contributed by atoms with Crippen LogP contribution in [0.15, 0.2) is 90.6 Å². The third-order valence-corrected chi connectivity index (χ3v) is 6.86. The Morgan fingerprint density at radius 2 is 1.55 bits per heavy atom. The zero-order chi connectivity index (χ0) is 22.5. The van der Waals surface area contributed by atoms with E-state index in [2.05, 4.69) is 79.8 Å². The molecule has 1 amide bonds. The summed E-state index contributed by atoms with van der Waals surface area (Å²) in [6, 6.07) is 27.3. The first-order valence-electron chi connectivity index (χ1n) is 11.6. The maximum absolute atomic E-state index is 13.8. The lowest BCUT2D eigenvalue weighted by Crippen LogP contribution is -2.31. The number of benzene rings is 4. The predicted molar refractivity (Wildman–Crippen MR) is 136 cm³/mol. The van der Waals surface area contributed by atoms with Crippen molar-refractivity contribution in [3.8, 4) is 0 Å². The lowest BCUT2D eigenvalue weighted by molar-refractivity contribution is -0.114. The van der Waals surface area contributed by atoms with Crippen LogP contribution >= 0.6 is 0 Å². The Labute approximate surface area is 194 Å². The monoisotopic (exact) mass is 430 g/mol. The summed E-state index contributed by atoms with van der Waals surface area (Å²) in [6.07, 6.45) is 4.28. The fraction of sp³-hybridized carbons (Fsp3) is 0.167. The fourth-order valence-electron chi connectivity index (χ4n) is 5.35. The molecule has 4 aromatic rings. The molecule has 33 heavy (non-hydrogen) atoms. The maximum atomic E-state index is 13.8. The van der Waals surface area contributed by atoms with Gasteiger partial charge < -0.3 is 5.32 Å². The molecule has 1 aliphatic carbocycles. The molecule has 0 bridgehead atoms. The van der Waals surface area contributed by atoms with Crippen molar-refractivity contribution in [3.05, 3.63) is 118 Å². The van der Waals surface area contributed by atoms with Crippen LogP contribution in [0.5, 0.6) is 0 Å². The van der Waals surface area contributed by atoms with Gasteiger partial charge in [0, 0.05) is 11.4 Å². The average Bonchev–Trinajstić information content (AvgIpc) is 3.37. The molecular formula is C30H26N2O. The quantitative estimate of drug-likeness (QED) is 0.394. The first kappa shape index (κ1) is 19.8. The molecule has 162 valence electrons. The summed E-state index contributed by atoms with van der Waals surface area (Å²) in [6.45, 7) is 4.13. The minimum absolute atomic E-state index is 0.00430. The van der Waals surface area contributed by atoms with Gasteiger partial charge in [-0.25, -0.2) is 0 Å². The van der Waals surface area contributed by atoms with Crippen LogP contribution in [-0.4, -0.2) is 5.91 Å². The van der Waals surface area contributed by atoms with Gasteiger partial charge in [-0.2, -0.15) is 0 Å². The van der Waals surface area contributed by atoms with Crippen LogP contribution in [0.2, 0.25) is 0 Å². The summed E-state index contributed by atoms with van der Waals surface area (Å²) in [7, 11) is 0. The molecule has 0 aromatic heterocycles. The molecule has 0 saturated heterocycles. The maximum Gasteiger partial charge on any atom is 0.275 e. The van der Waals surface area contributed by atoms with Crippen molar-refractivity contribution in [1.82, 2.24) is 0 Å². The van der Waals surface area contributed by atoms with Crippen LogP contribution < -0.4 is 10.2 Å². The van der Waals surface area contributed by atoms with E-state index in [9.17, 15) is 4.79 Å². The summed E-state index contributed by atoms with van der Waals surface area (Å²) in [5.41, 5.74) is 8.77. The zero-order valence-electron chi connectivity index (χ0n) is 18.9. The van der Waals surface area contributed by atoms with E-state index in [0.29, 0.717) is 5.70 Å². The van der Waals surface area contributed by atoms with Crippen LogP contribution in [0.3, 0.4) is 0 Å². The van der Waals surface area contributed by atoms with Crippen LogP contribution in [0, 0.1) is 13.8 Å². The predicted octanol–water partition coefficient (Wildman–Crippen LogP) is 6.64. The van der Waals surface area contributed by atoms with Gasteiger partial charge in [0.25, 0.3) is 5.91 Å². The van der Waals surface area contributed by atoms with Gasteiger partial charge in [0.15, 0.2) is 0 Å². The first-order chi connectivity index (χ1) is 16.1. The highest BCUT2D eigenvalue weighted by Crippen LogP contribution is 2.41. The van der Waals surface area contributed by atoms with Gasteiger partial charge in [-0.1, -0.05) is 54.6 Å². The number of hydrogen-bond acceptors (Lipinski definition) is 2. The van der Waals surface area contributed by atoms with Crippen molar-refractivity contribution >= 4 is 28.1 Å². The van der Waals surface area contributed by atoms with Crippen molar-refractivity contribution in [2.45, 2.75) is 32.7 Å². The lowest BCUT2D eigenvalue weighted by atomic mass is 9.95. The number of rotatable bonds is 4. The highest BCUT2D eigenvalue weighted by Gasteiger charge is 2.36. The largest absolute Gasteiger partial charge is 0.351 e. The van der Waals surface area contributed by atoms with E-state index in [4.69, 9.17) is 0 Å². The molecule has 0 fully saturated rings. The van der Waals surface area contributed by atoms with E-state index >= 15 is 0 Å². The molecule has 6 rings (SSSR count). The van der Waals surface area contributed by atoms with Gasteiger partial charge in [-0.3, -0.25) is 9.69 Å². The van der Waals surface area contributed by atoms with Crippen LogP contribution in [0.4, 0.5) is 11.4 Å². The van der Waals surface area contributed by atoms with Crippen molar-refractivity contribution in [1.29, 1.82) is 0 Å². The molecule has 2 aliphatic rings. The molecule has 1 aliphatic heterocycles. The fourth-order valence-corrected chi connectivity index (χ4v) is 5.35. The van der Waals surface area contributed by atoms with Gasteiger partial charge in [0.1, 0.15) is 5.70 Å². The first-order valence-corrected chi connectivity index (χ1v) is 11.6. The number of hydrogen-bond donors (Lipinski definition) is 1. The Morgan fingerprint density at radius 3 is 2.33 bits per heavy atom. The van der Waals surface area contributed by atoms with Crippen molar-refractivity contribution in [2.24, 2.45) is 0 Å². The Morgan fingerprint density at radius 1 is 0.818 bits per heavy atom. The second-order valence-corrected chi connectivity index (χ2v) is 9.19. The summed E-state index contributed by atoms with van der Waals surface area (Å²) < 4.78 is 0. The zero-order valence-corrected chi connectivity index (χ0v) is 18.9. The number of carbonyl (C=O) groups is 1. The summed E-state index contributed by atoms with van der Waals surface area (Å²) in [5, 5.41) is 6.03. The molecule has 1 atom stereocenters. The van der Waals surface area contributed by atoms with Gasteiger partial charge in [-0.05, 0) is 95.6 Å². The molecule has 3 heteroatoms. The minimum Gasteiger partial charge on any atom is -0.351 e. The van der Waals surface area contributed by atoms with Crippen molar-refractivity contribution in [2.75, 3.05) is 10.2 Å². The molecular weight excluding hydrogens is 404 g/mol. The summed E-state index contributed by atoms with van der Waals surface area (Å²) >= 11 is 0. The standard InChI is InChI=1S/C30H26N2O/c1-19-6-3-9-23(16-19)31-27-18-28(32(30(27)33)24-10-4-7-20(2)17-24)25-15-14-22-13-12-21-8-5-11-26(25)29(21)22/h3-11,14-18,28,31H,12-13H2,1-2H3/t28-/m1/s1. The Kier molecular flexibility index (Phi) is 4.58. The van der Waals surface area contributed by atoms with E-state index in [0.717, 1.165) is 35.3 Å². The molecule has 3 nitrogen and oxygen atoms in total. The van der Waals surface area contributed by atoms with Crippen molar-refractivity contribution < 1.29 is 4.79 Å². The van der Waals surface area contributed by atoms with Crippen LogP contribution in [0.25, 0.3) is 10.8 Å². The smallest absolute Gasteiger partial charge is 0.275 e. The van der Waals surface area contributed by atoms with Gasteiger partial charge in [-0.15, -0.1) is 0 Å². The van der Waals surface area contributed by atoms with Crippen molar-refractivity contribution in [3.63, 3.8) is 0 Å². The molecule has 4 aromatic carbocycles. The molecule has 1 N–H and O–H groups in total. The summed E-state index contributed by atoms with van der Waals surface area (Å²) in [5.74, 6) is -0.00430. The summed E-state index contributed by atoms with van der Waals surface area (Å²) in [4.78, 5) is 15.7. The molecule has 0 spiro atoms. The average molecular weight is 431 g/mol. The Hall–Kier alpha value is -3.85. The highest BCUT2D eigenvalue weighted by atomic mass is 16.2. The van der Waals surface area contributed by atoms with E-state index in [1.54, 1.807) is 0 Å².